The molecule has 3 nitrogen and oxygen atoms in total. The molecule has 1 aliphatic heterocycles. The van der Waals surface area contributed by atoms with E-state index in [0.717, 1.165) is 23.1 Å². The van der Waals surface area contributed by atoms with Gasteiger partial charge >= 0.3 is 0 Å². The van der Waals surface area contributed by atoms with Gasteiger partial charge in [0, 0.05) is 16.1 Å². The van der Waals surface area contributed by atoms with E-state index >= 15 is 0 Å². The number of rotatable bonds is 3. The van der Waals surface area contributed by atoms with Gasteiger partial charge in [-0.15, -0.1) is 0 Å². The number of aryl methyl sites for hydroxylation is 1. The van der Waals surface area contributed by atoms with Crippen molar-refractivity contribution in [1.29, 1.82) is 0 Å². The number of carbonyl (C=O) groups is 1. The first kappa shape index (κ1) is 14.5. The van der Waals surface area contributed by atoms with Gasteiger partial charge in [0.2, 0.25) is 0 Å². The zero-order valence-corrected chi connectivity index (χ0v) is 13.1. The average molecular weight is 325 g/mol. The third-order valence-electron chi connectivity index (χ3n) is 3.83. The normalized spacial score (nSPS) is 20.9. The second-order valence-electron chi connectivity index (χ2n) is 5.33. The summed E-state index contributed by atoms with van der Waals surface area (Å²) < 4.78 is 0.979. The summed E-state index contributed by atoms with van der Waals surface area (Å²) in [6, 6.07) is 5.93. The molecule has 1 heterocycles. The van der Waals surface area contributed by atoms with E-state index < -0.39 is 0 Å². The van der Waals surface area contributed by atoms with Gasteiger partial charge in [-0.1, -0.05) is 22.0 Å². The molecular formula is C15H21BrN2O. The highest BCUT2D eigenvalue weighted by Gasteiger charge is 2.21. The monoisotopic (exact) mass is 324 g/mol. The zero-order valence-electron chi connectivity index (χ0n) is 11.5. The molecule has 1 saturated heterocycles. The van der Waals surface area contributed by atoms with E-state index in [4.69, 9.17) is 0 Å². The van der Waals surface area contributed by atoms with Crippen molar-refractivity contribution < 1.29 is 4.79 Å². The largest absolute Gasteiger partial charge is 0.349 e. The highest BCUT2D eigenvalue weighted by atomic mass is 79.9. The Morgan fingerprint density at radius 1 is 1.53 bits per heavy atom. The molecule has 1 aromatic rings. The van der Waals surface area contributed by atoms with E-state index in [-0.39, 0.29) is 11.9 Å². The van der Waals surface area contributed by atoms with E-state index in [1.807, 2.05) is 25.1 Å². The van der Waals surface area contributed by atoms with Gasteiger partial charge in [0.05, 0.1) is 0 Å². The summed E-state index contributed by atoms with van der Waals surface area (Å²) in [5, 5.41) is 6.50. The summed E-state index contributed by atoms with van der Waals surface area (Å²) in [6.45, 7) is 6.21. The molecule has 2 atom stereocenters. The van der Waals surface area contributed by atoms with Gasteiger partial charge in [0.1, 0.15) is 0 Å². The standard InChI is InChI=1S/C15H21BrN2O/c1-10-5-6-12(8-14(10)16)15(19)18-11(2)13-4-3-7-17-9-13/h5-6,8,11,13,17H,3-4,7,9H2,1-2H3,(H,18,19). The summed E-state index contributed by atoms with van der Waals surface area (Å²) in [4.78, 5) is 12.2. The fourth-order valence-electron chi connectivity index (χ4n) is 2.45. The number of carbonyl (C=O) groups excluding carboxylic acids is 1. The molecule has 0 bridgehead atoms. The summed E-state index contributed by atoms with van der Waals surface area (Å²) in [5.41, 5.74) is 1.86. The molecule has 4 heteroatoms. The second kappa shape index (κ2) is 6.53. The van der Waals surface area contributed by atoms with E-state index in [9.17, 15) is 4.79 Å². The van der Waals surface area contributed by atoms with Crippen LogP contribution in [0, 0.1) is 12.8 Å². The van der Waals surface area contributed by atoms with Crippen LogP contribution in [0.4, 0.5) is 0 Å². The van der Waals surface area contributed by atoms with Gasteiger partial charge in [-0.25, -0.2) is 0 Å². The van der Waals surface area contributed by atoms with E-state index in [2.05, 4.69) is 33.5 Å². The maximum Gasteiger partial charge on any atom is 0.251 e. The van der Waals surface area contributed by atoms with Crippen LogP contribution in [0.25, 0.3) is 0 Å². The Morgan fingerprint density at radius 2 is 2.32 bits per heavy atom. The SMILES string of the molecule is Cc1ccc(C(=O)NC(C)C2CCCNC2)cc1Br. The molecule has 1 fully saturated rings. The Bertz CT molecular complexity index is 455. The first-order chi connectivity index (χ1) is 9.08. The molecule has 0 saturated carbocycles. The van der Waals surface area contributed by atoms with Crippen LogP contribution in [0.15, 0.2) is 22.7 Å². The zero-order chi connectivity index (χ0) is 13.8. The average Bonchev–Trinajstić information content (AvgIpc) is 2.42. The number of halogens is 1. The molecule has 104 valence electrons. The van der Waals surface area contributed by atoms with Crippen molar-refractivity contribution in [2.75, 3.05) is 13.1 Å². The van der Waals surface area contributed by atoms with Crippen molar-refractivity contribution in [3.05, 3.63) is 33.8 Å². The molecule has 2 rings (SSSR count). The minimum Gasteiger partial charge on any atom is -0.349 e. The lowest BCUT2D eigenvalue weighted by atomic mass is 9.92. The summed E-state index contributed by atoms with van der Waals surface area (Å²) in [5.74, 6) is 0.547. The van der Waals surface area contributed by atoms with E-state index in [0.29, 0.717) is 11.5 Å². The summed E-state index contributed by atoms with van der Waals surface area (Å²) in [6.07, 6.45) is 2.38. The lowest BCUT2D eigenvalue weighted by molar-refractivity contribution is 0.0922. The molecule has 1 aromatic carbocycles. The van der Waals surface area contributed by atoms with Crippen LogP contribution in [0.2, 0.25) is 0 Å². The fraction of sp³-hybridized carbons (Fsp3) is 0.533. The third-order valence-corrected chi connectivity index (χ3v) is 4.69. The predicted octanol–water partition coefficient (Wildman–Crippen LogP) is 2.88. The topological polar surface area (TPSA) is 41.1 Å². The Morgan fingerprint density at radius 3 is 2.95 bits per heavy atom. The first-order valence-electron chi connectivity index (χ1n) is 6.85. The van der Waals surface area contributed by atoms with Crippen LogP contribution in [0.5, 0.6) is 0 Å². The van der Waals surface area contributed by atoms with Crippen molar-refractivity contribution in [1.82, 2.24) is 10.6 Å². The molecule has 0 aromatic heterocycles. The third kappa shape index (κ3) is 3.80. The lowest BCUT2D eigenvalue weighted by Gasteiger charge is -2.29. The molecule has 0 spiro atoms. The van der Waals surface area contributed by atoms with Crippen molar-refractivity contribution in [2.24, 2.45) is 5.92 Å². The van der Waals surface area contributed by atoms with Crippen molar-refractivity contribution in [2.45, 2.75) is 32.7 Å². The molecule has 19 heavy (non-hydrogen) atoms. The van der Waals surface area contributed by atoms with E-state index in [1.165, 1.54) is 12.8 Å². The number of nitrogens with one attached hydrogen (secondary N) is 2. The molecular weight excluding hydrogens is 304 g/mol. The van der Waals surface area contributed by atoms with Crippen LogP contribution in [0.1, 0.15) is 35.7 Å². The van der Waals surface area contributed by atoms with Crippen LogP contribution in [-0.2, 0) is 0 Å². The Hall–Kier alpha value is -0.870. The van der Waals surface area contributed by atoms with Crippen LogP contribution in [0.3, 0.4) is 0 Å². The molecule has 1 aliphatic rings. The van der Waals surface area contributed by atoms with E-state index in [1.54, 1.807) is 0 Å². The number of hydrogen-bond donors (Lipinski definition) is 2. The maximum absolute atomic E-state index is 12.2. The maximum atomic E-state index is 12.2. The molecule has 0 radical (unpaired) electrons. The minimum atomic E-state index is 0.0128. The second-order valence-corrected chi connectivity index (χ2v) is 6.19. The van der Waals surface area contributed by atoms with Crippen LogP contribution >= 0.6 is 15.9 Å². The Labute approximate surface area is 123 Å². The number of benzene rings is 1. The molecule has 2 N–H and O–H groups in total. The van der Waals surface area contributed by atoms with Crippen molar-refractivity contribution in [3.8, 4) is 0 Å². The number of hydrogen-bond acceptors (Lipinski definition) is 2. The van der Waals surface area contributed by atoms with Gasteiger partial charge in [-0.3, -0.25) is 4.79 Å². The van der Waals surface area contributed by atoms with Gasteiger partial charge in [-0.05, 0) is 63.4 Å². The molecule has 2 unspecified atom stereocenters. The number of amides is 1. The fourth-order valence-corrected chi connectivity index (χ4v) is 2.83. The quantitative estimate of drug-likeness (QED) is 0.897. The lowest BCUT2D eigenvalue weighted by Crippen LogP contribution is -2.44. The molecule has 1 amide bonds. The van der Waals surface area contributed by atoms with Gasteiger partial charge in [-0.2, -0.15) is 0 Å². The van der Waals surface area contributed by atoms with Crippen LogP contribution in [-0.4, -0.2) is 25.0 Å². The Balaban J connectivity index is 1.97. The highest BCUT2D eigenvalue weighted by molar-refractivity contribution is 9.10. The predicted molar refractivity (Wildman–Crippen MR) is 81.4 cm³/mol. The minimum absolute atomic E-state index is 0.0128. The van der Waals surface area contributed by atoms with Gasteiger partial charge in [0.15, 0.2) is 0 Å². The smallest absolute Gasteiger partial charge is 0.251 e. The molecule has 0 aliphatic carbocycles. The Kier molecular flexibility index (Phi) is 4.99. The summed E-state index contributed by atoms with van der Waals surface area (Å²) >= 11 is 3.47. The first-order valence-corrected chi connectivity index (χ1v) is 7.65. The van der Waals surface area contributed by atoms with Crippen molar-refractivity contribution >= 4 is 21.8 Å². The van der Waals surface area contributed by atoms with Gasteiger partial charge in [0.25, 0.3) is 5.91 Å². The number of piperidine rings is 1. The van der Waals surface area contributed by atoms with Crippen molar-refractivity contribution in [3.63, 3.8) is 0 Å². The summed E-state index contributed by atoms with van der Waals surface area (Å²) in [7, 11) is 0. The van der Waals surface area contributed by atoms with Gasteiger partial charge < -0.3 is 10.6 Å². The highest BCUT2D eigenvalue weighted by Crippen LogP contribution is 2.18. The van der Waals surface area contributed by atoms with Crippen LogP contribution < -0.4 is 10.6 Å².